The van der Waals surface area contributed by atoms with Gasteiger partial charge >= 0.3 is 0 Å². The molecule has 1 aromatic heterocycles. The number of nitrogens with zero attached hydrogens (tertiary/aromatic N) is 2. The van der Waals surface area contributed by atoms with Crippen molar-refractivity contribution in [1.29, 1.82) is 0 Å². The summed E-state index contributed by atoms with van der Waals surface area (Å²) in [4.78, 5) is 0. The molecule has 1 heterocycles. The first kappa shape index (κ1) is 13.5. The summed E-state index contributed by atoms with van der Waals surface area (Å²) in [5.41, 5.74) is 8.18. The van der Waals surface area contributed by atoms with E-state index in [-0.39, 0.29) is 18.4 Å². The van der Waals surface area contributed by atoms with E-state index in [0.29, 0.717) is 0 Å². The van der Waals surface area contributed by atoms with E-state index < -0.39 is 0 Å². The summed E-state index contributed by atoms with van der Waals surface area (Å²) in [5, 5.41) is 4.11. The molecule has 4 nitrogen and oxygen atoms in total. The highest BCUT2D eigenvalue weighted by atomic mass is 35.5. The third-order valence-corrected chi connectivity index (χ3v) is 2.56. The number of methoxy groups -OCH3 is 1. The van der Waals surface area contributed by atoms with Gasteiger partial charge in [-0.25, -0.2) is 0 Å². The molecule has 2 N–H and O–H groups in total. The molecule has 2 aromatic rings. The van der Waals surface area contributed by atoms with Crippen LogP contribution in [0.15, 0.2) is 36.7 Å². The minimum absolute atomic E-state index is 0. The van der Waals surface area contributed by atoms with Gasteiger partial charge in [0.1, 0.15) is 5.75 Å². The summed E-state index contributed by atoms with van der Waals surface area (Å²) in [6.07, 6.45) is 3.71. The van der Waals surface area contributed by atoms with Crippen molar-refractivity contribution in [2.45, 2.75) is 6.04 Å². The van der Waals surface area contributed by atoms with Gasteiger partial charge in [-0.05, 0) is 17.7 Å². The van der Waals surface area contributed by atoms with Crippen LogP contribution in [0, 0.1) is 0 Å². The monoisotopic (exact) mass is 253 g/mol. The fourth-order valence-corrected chi connectivity index (χ4v) is 1.60. The average molecular weight is 254 g/mol. The van der Waals surface area contributed by atoms with Crippen molar-refractivity contribution in [3.63, 3.8) is 0 Å². The Kier molecular flexibility index (Phi) is 4.54. The fraction of sp³-hybridized carbons (Fsp3) is 0.250. The lowest BCUT2D eigenvalue weighted by Crippen LogP contribution is -2.10. The zero-order chi connectivity index (χ0) is 11.5. The van der Waals surface area contributed by atoms with Gasteiger partial charge < -0.3 is 10.5 Å². The van der Waals surface area contributed by atoms with Gasteiger partial charge in [-0.3, -0.25) is 4.68 Å². The SMILES string of the molecule is COc1ccc(C(N)c2cnn(C)c2)cc1.Cl. The molecule has 5 heteroatoms. The van der Waals surface area contributed by atoms with E-state index in [0.717, 1.165) is 16.9 Å². The van der Waals surface area contributed by atoms with Gasteiger partial charge in [-0.2, -0.15) is 5.10 Å². The third-order valence-electron chi connectivity index (χ3n) is 2.56. The standard InChI is InChI=1S/C12H15N3O.ClH/c1-15-8-10(7-14-15)12(13)9-3-5-11(16-2)6-4-9;/h3-8,12H,13H2,1-2H3;1H. The first-order valence-corrected chi connectivity index (χ1v) is 5.09. The molecular formula is C12H16ClN3O. The maximum absolute atomic E-state index is 6.13. The summed E-state index contributed by atoms with van der Waals surface area (Å²) in [7, 11) is 3.53. The number of benzene rings is 1. The summed E-state index contributed by atoms with van der Waals surface area (Å²) >= 11 is 0. The van der Waals surface area contributed by atoms with Crippen LogP contribution in [0.3, 0.4) is 0 Å². The molecular weight excluding hydrogens is 238 g/mol. The van der Waals surface area contributed by atoms with Crippen LogP contribution < -0.4 is 10.5 Å². The summed E-state index contributed by atoms with van der Waals surface area (Å²) in [5.74, 6) is 0.835. The molecule has 0 spiro atoms. The van der Waals surface area contributed by atoms with E-state index in [1.807, 2.05) is 37.5 Å². The second kappa shape index (κ2) is 5.70. The van der Waals surface area contributed by atoms with Gasteiger partial charge in [-0.15, -0.1) is 12.4 Å². The van der Waals surface area contributed by atoms with Gasteiger partial charge in [-0.1, -0.05) is 12.1 Å². The number of aryl methyl sites for hydroxylation is 1. The molecule has 0 saturated carbocycles. The van der Waals surface area contributed by atoms with Crippen LogP contribution >= 0.6 is 12.4 Å². The topological polar surface area (TPSA) is 53.1 Å². The molecule has 0 bridgehead atoms. The third kappa shape index (κ3) is 2.99. The first-order chi connectivity index (χ1) is 7.70. The Morgan fingerprint density at radius 2 is 1.88 bits per heavy atom. The highest BCUT2D eigenvalue weighted by Gasteiger charge is 2.10. The lowest BCUT2D eigenvalue weighted by Gasteiger charge is -2.10. The van der Waals surface area contributed by atoms with Crippen LogP contribution in [0.2, 0.25) is 0 Å². The smallest absolute Gasteiger partial charge is 0.118 e. The molecule has 1 aromatic carbocycles. The number of hydrogen-bond donors (Lipinski definition) is 1. The highest BCUT2D eigenvalue weighted by Crippen LogP contribution is 2.21. The number of ether oxygens (including phenoxy) is 1. The van der Waals surface area contributed by atoms with Crippen LogP contribution in [0.1, 0.15) is 17.2 Å². The summed E-state index contributed by atoms with van der Waals surface area (Å²) < 4.78 is 6.85. The summed E-state index contributed by atoms with van der Waals surface area (Å²) in [6.45, 7) is 0. The molecule has 92 valence electrons. The van der Waals surface area contributed by atoms with E-state index >= 15 is 0 Å². The Hall–Kier alpha value is -1.52. The van der Waals surface area contributed by atoms with Crippen LogP contribution in [0.5, 0.6) is 5.75 Å². The molecule has 0 amide bonds. The van der Waals surface area contributed by atoms with Gasteiger partial charge in [0.05, 0.1) is 19.3 Å². The van der Waals surface area contributed by atoms with Gasteiger partial charge in [0.15, 0.2) is 0 Å². The highest BCUT2D eigenvalue weighted by molar-refractivity contribution is 5.85. The number of nitrogens with two attached hydrogens (primary N) is 1. The van der Waals surface area contributed by atoms with Crippen LogP contribution in [0.4, 0.5) is 0 Å². The van der Waals surface area contributed by atoms with Crippen molar-refractivity contribution in [3.8, 4) is 5.75 Å². The number of aromatic nitrogens is 2. The van der Waals surface area contributed by atoms with Gasteiger partial charge in [0, 0.05) is 18.8 Å². The normalized spacial score (nSPS) is 11.7. The predicted octanol–water partition coefficient (Wildman–Crippen LogP) is 1.90. The Bertz CT molecular complexity index is 467. The van der Waals surface area contributed by atoms with Crippen molar-refractivity contribution >= 4 is 12.4 Å². The molecule has 0 radical (unpaired) electrons. The van der Waals surface area contributed by atoms with E-state index in [1.165, 1.54) is 0 Å². The molecule has 17 heavy (non-hydrogen) atoms. The van der Waals surface area contributed by atoms with Crippen LogP contribution in [-0.2, 0) is 7.05 Å². The minimum Gasteiger partial charge on any atom is -0.497 e. The zero-order valence-electron chi connectivity index (χ0n) is 9.83. The molecule has 1 unspecified atom stereocenters. The average Bonchev–Trinajstić information content (AvgIpc) is 2.75. The second-order valence-electron chi connectivity index (χ2n) is 3.70. The van der Waals surface area contributed by atoms with Gasteiger partial charge in [0.2, 0.25) is 0 Å². The Balaban J connectivity index is 0.00000144. The largest absolute Gasteiger partial charge is 0.497 e. The molecule has 0 aliphatic heterocycles. The number of rotatable bonds is 3. The molecule has 0 aliphatic rings. The second-order valence-corrected chi connectivity index (χ2v) is 3.70. The number of hydrogen-bond acceptors (Lipinski definition) is 3. The molecule has 0 fully saturated rings. The van der Waals surface area contributed by atoms with E-state index in [4.69, 9.17) is 10.5 Å². The van der Waals surface area contributed by atoms with Crippen molar-refractivity contribution < 1.29 is 4.74 Å². The zero-order valence-corrected chi connectivity index (χ0v) is 10.6. The lowest BCUT2D eigenvalue weighted by molar-refractivity contribution is 0.414. The Morgan fingerprint density at radius 1 is 1.24 bits per heavy atom. The maximum Gasteiger partial charge on any atom is 0.118 e. The molecule has 0 saturated heterocycles. The molecule has 1 atom stereocenters. The molecule has 0 aliphatic carbocycles. The van der Waals surface area contributed by atoms with Crippen molar-refractivity contribution in [2.24, 2.45) is 12.8 Å². The fourth-order valence-electron chi connectivity index (χ4n) is 1.60. The number of halogens is 1. The minimum atomic E-state index is -0.139. The lowest BCUT2D eigenvalue weighted by atomic mass is 10.0. The van der Waals surface area contributed by atoms with E-state index in [1.54, 1.807) is 18.0 Å². The quantitative estimate of drug-likeness (QED) is 0.909. The van der Waals surface area contributed by atoms with E-state index in [2.05, 4.69) is 5.10 Å². The van der Waals surface area contributed by atoms with Crippen LogP contribution in [0.25, 0.3) is 0 Å². The van der Waals surface area contributed by atoms with Gasteiger partial charge in [0.25, 0.3) is 0 Å². The van der Waals surface area contributed by atoms with E-state index in [9.17, 15) is 0 Å². The summed E-state index contributed by atoms with van der Waals surface area (Å²) in [6, 6.07) is 7.61. The van der Waals surface area contributed by atoms with Crippen molar-refractivity contribution in [3.05, 3.63) is 47.8 Å². The first-order valence-electron chi connectivity index (χ1n) is 5.09. The Morgan fingerprint density at radius 3 is 2.35 bits per heavy atom. The van der Waals surface area contributed by atoms with Crippen molar-refractivity contribution in [2.75, 3.05) is 7.11 Å². The maximum atomic E-state index is 6.13. The van der Waals surface area contributed by atoms with Crippen LogP contribution in [-0.4, -0.2) is 16.9 Å². The Labute approximate surface area is 107 Å². The molecule has 2 rings (SSSR count). The van der Waals surface area contributed by atoms with Crippen molar-refractivity contribution in [1.82, 2.24) is 9.78 Å². The predicted molar refractivity (Wildman–Crippen MR) is 69.5 cm³/mol.